The van der Waals surface area contributed by atoms with Crippen LogP contribution in [0.5, 0.6) is 23.0 Å². The molecular formula is C47H42Cl2F4N8O4. The summed E-state index contributed by atoms with van der Waals surface area (Å²) in [6.45, 7) is 4.19. The first-order valence-electron chi connectivity index (χ1n) is 20.3. The summed E-state index contributed by atoms with van der Waals surface area (Å²) in [5.74, 6) is 1.45. The zero-order chi connectivity index (χ0) is 46.0. The third kappa shape index (κ3) is 9.31. The van der Waals surface area contributed by atoms with E-state index in [0.29, 0.717) is 29.4 Å². The van der Waals surface area contributed by atoms with Crippen molar-refractivity contribution < 1.29 is 36.5 Å². The molecule has 4 heterocycles. The number of alkyl halides is 3. The van der Waals surface area contributed by atoms with Gasteiger partial charge in [0.05, 0.1) is 67.3 Å². The highest BCUT2D eigenvalue weighted by Gasteiger charge is 2.41. The van der Waals surface area contributed by atoms with E-state index in [0.717, 1.165) is 22.4 Å². The standard InChI is InChI=1S/C47H42Cl2F4N8O4/c1-26-22-35(60(24-29-8-14-32(63-4)15-9-29)25-30-10-16-33(64-5)17-11-30)56-41(38(26)47(51,52)53)36-39(48)43-37-42(40(36)50)57-46(49)58-45(37)61(20-21-65-43)27(2)34-18-19-55-59-44(34)54-23-28-6-12-31(62-3)13-7-28/h6-19,22,27H,20-21,23-25H2,1-5H3,(H,54,59). The van der Waals surface area contributed by atoms with Gasteiger partial charge in [0.25, 0.3) is 0 Å². The van der Waals surface area contributed by atoms with Gasteiger partial charge in [-0.2, -0.15) is 23.3 Å². The summed E-state index contributed by atoms with van der Waals surface area (Å²) >= 11 is 13.7. The number of hydrogen-bond donors (Lipinski definition) is 1. The number of aromatic nitrogens is 5. The minimum absolute atomic E-state index is 0.0263. The second-order valence-electron chi connectivity index (χ2n) is 15.2. The van der Waals surface area contributed by atoms with Gasteiger partial charge >= 0.3 is 6.18 Å². The summed E-state index contributed by atoms with van der Waals surface area (Å²) < 4.78 is 85.7. The number of hydrogen-bond acceptors (Lipinski definition) is 12. The van der Waals surface area contributed by atoms with Crippen LogP contribution in [0.15, 0.2) is 91.1 Å². The molecule has 1 aliphatic heterocycles. The smallest absolute Gasteiger partial charge is 0.418 e. The van der Waals surface area contributed by atoms with E-state index in [4.69, 9.17) is 42.1 Å². The fraction of sp³-hybridized carbons (Fsp3) is 0.255. The molecule has 12 nitrogen and oxygen atoms in total. The van der Waals surface area contributed by atoms with E-state index in [2.05, 4.69) is 30.5 Å². The third-order valence-corrected chi connectivity index (χ3v) is 11.7. The van der Waals surface area contributed by atoms with Crippen molar-refractivity contribution in [1.82, 2.24) is 25.1 Å². The number of benzene rings is 4. The quantitative estimate of drug-likeness (QED) is 0.0826. The van der Waals surface area contributed by atoms with Gasteiger partial charge in [0.2, 0.25) is 5.28 Å². The largest absolute Gasteiger partial charge is 0.497 e. The zero-order valence-corrected chi connectivity index (χ0v) is 37.3. The Morgan fingerprint density at radius 1 is 0.831 bits per heavy atom. The normalized spacial score (nSPS) is 12.9. The number of ether oxygens (including phenoxy) is 4. The first-order chi connectivity index (χ1) is 31.3. The summed E-state index contributed by atoms with van der Waals surface area (Å²) in [7, 11) is 4.70. The van der Waals surface area contributed by atoms with Crippen LogP contribution in [-0.2, 0) is 25.8 Å². The number of halogens is 6. The molecule has 1 atom stereocenters. The Bertz CT molecular complexity index is 2790. The van der Waals surface area contributed by atoms with Gasteiger partial charge in [-0.1, -0.05) is 48.0 Å². The number of nitrogens with zero attached hydrogens (tertiary/aromatic N) is 7. The zero-order valence-electron chi connectivity index (χ0n) is 35.8. The molecule has 0 saturated carbocycles. The van der Waals surface area contributed by atoms with E-state index >= 15 is 17.6 Å². The Morgan fingerprint density at radius 2 is 1.42 bits per heavy atom. The maximum absolute atomic E-state index is 17.6. The van der Waals surface area contributed by atoms with Crippen LogP contribution in [0.1, 0.15) is 46.3 Å². The van der Waals surface area contributed by atoms with Gasteiger partial charge in [0.1, 0.15) is 41.0 Å². The summed E-state index contributed by atoms with van der Waals surface area (Å²) in [5, 5.41) is 11.1. The van der Waals surface area contributed by atoms with Crippen LogP contribution in [0.25, 0.3) is 22.2 Å². The number of pyridine rings is 1. The monoisotopic (exact) mass is 928 g/mol. The van der Waals surface area contributed by atoms with Crippen LogP contribution >= 0.6 is 23.2 Å². The molecular weight excluding hydrogens is 887 g/mol. The van der Waals surface area contributed by atoms with Crippen molar-refractivity contribution in [1.29, 1.82) is 0 Å². The number of nitrogens with one attached hydrogen (secondary N) is 1. The molecule has 0 bridgehead atoms. The van der Waals surface area contributed by atoms with Crippen molar-refractivity contribution in [3.05, 3.63) is 141 Å². The molecule has 1 unspecified atom stereocenters. The topological polar surface area (TPSA) is 120 Å². The van der Waals surface area contributed by atoms with Gasteiger partial charge in [-0.3, -0.25) is 0 Å². The number of anilines is 3. The van der Waals surface area contributed by atoms with Crippen molar-refractivity contribution in [2.45, 2.75) is 45.7 Å². The molecule has 4 aromatic carbocycles. The molecule has 0 saturated heterocycles. The maximum Gasteiger partial charge on any atom is 0.418 e. The van der Waals surface area contributed by atoms with E-state index in [-0.39, 0.29) is 59.9 Å². The van der Waals surface area contributed by atoms with Gasteiger partial charge in [0, 0.05) is 25.2 Å². The molecule has 7 aromatic rings. The minimum atomic E-state index is -4.99. The lowest BCUT2D eigenvalue weighted by molar-refractivity contribution is -0.137. The van der Waals surface area contributed by atoms with Crippen molar-refractivity contribution in [2.24, 2.45) is 0 Å². The molecule has 336 valence electrons. The van der Waals surface area contributed by atoms with Crippen LogP contribution in [-0.4, -0.2) is 59.6 Å². The van der Waals surface area contributed by atoms with Crippen molar-refractivity contribution in [3.8, 4) is 34.3 Å². The SMILES string of the molecule is COc1ccc(CNc2nnccc2C(C)N2CCOc3c(Cl)c(-c4nc(N(Cc5ccc(OC)cc5)Cc5ccc(OC)cc5)cc(C)c4C(F)(F)F)c(F)c4nc(Cl)nc2c34)cc1. The van der Waals surface area contributed by atoms with Crippen LogP contribution in [0.4, 0.5) is 35.0 Å². The number of methoxy groups -OCH3 is 3. The molecule has 1 aliphatic rings. The van der Waals surface area contributed by atoms with Gasteiger partial charge in [0.15, 0.2) is 17.4 Å². The molecule has 8 rings (SSSR count). The van der Waals surface area contributed by atoms with Gasteiger partial charge < -0.3 is 34.1 Å². The molecule has 3 aromatic heterocycles. The lowest BCUT2D eigenvalue weighted by Crippen LogP contribution is -2.31. The second-order valence-corrected chi connectivity index (χ2v) is 15.9. The molecule has 18 heteroatoms. The molecule has 1 N–H and O–H groups in total. The van der Waals surface area contributed by atoms with Crippen molar-refractivity contribution in [2.75, 3.05) is 49.6 Å². The minimum Gasteiger partial charge on any atom is -0.497 e. The Balaban J connectivity index is 1.24. The van der Waals surface area contributed by atoms with Crippen LogP contribution in [0.2, 0.25) is 10.3 Å². The maximum atomic E-state index is 17.6. The molecule has 65 heavy (non-hydrogen) atoms. The van der Waals surface area contributed by atoms with Crippen molar-refractivity contribution in [3.63, 3.8) is 0 Å². The molecule has 0 spiro atoms. The lowest BCUT2D eigenvalue weighted by atomic mass is 9.98. The van der Waals surface area contributed by atoms with Gasteiger partial charge in [-0.15, -0.1) is 5.10 Å². The molecule has 0 fully saturated rings. The Labute approximate surface area is 382 Å². The van der Waals surface area contributed by atoms with E-state index in [9.17, 15) is 0 Å². The summed E-state index contributed by atoms with van der Waals surface area (Å²) in [6.07, 6.45) is -3.44. The highest BCUT2D eigenvalue weighted by Crippen LogP contribution is 2.51. The van der Waals surface area contributed by atoms with E-state index < -0.39 is 45.4 Å². The number of aryl methyl sites for hydroxylation is 1. The Hall–Kier alpha value is -6.65. The van der Waals surface area contributed by atoms with Crippen LogP contribution < -0.4 is 34.1 Å². The van der Waals surface area contributed by atoms with Gasteiger partial charge in [-0.05, 0) is 96.2 Å². The predicted molar refractivity (Wildman–Crippen MR) is 242 cm³/mol. The Kier molecular flexibility index (Phi) is 13.0. The predicted octanol–water partition coefficient (Wildman–Crippen LogP) is 11.1. The van der Waals surface area contributed by atoms with E-state index in [1.54, 1.807) is 62.8 Å². The van der Waals surface area contributed by atoms with Crippen LogP contribution in [0.3, 0.4) is 0 Å². The lowest BCUT2D eigenvalue weighted by Gasteiger charge is -2.30. The van der Waals surface area contributed by atoms with E-state index in [1.807, 2.05) is 60.4 Å². The average molecular weight is 930 g/mol. The summed E-state index contributed by atoms with van der Waals surface area (Å²) in [5.41, 5.74) is 0.120. The first-order valence-corrected chi connectivity index (χ1v) is 21.1. The number of rotatable bonds is 14. The fourth-order valence-electron chi connectivity index (χ4n) is 7.90. The van der Waals surface area contributed by atoms with Gasteiger partial charge in [-0.25, -0.2) is 14.4 Å². The Morgan fingerprint density at radius 3 is 1.98 bits per heavy atom. The van der Waals surface area contributed by atoms with Crippen LogP contribution in [0, 0.1) is 12.7 Å². The molecule has 0 radical (unpaired) electrons. The summed E-state index contributed by atoms with van der Waals surface area (Å²) in [6, 6.07) is 24.7. The summed E-state index contributed by atoms with van der Waals surface area (Å²) in [4.78, 5) is 17.0. The van der Waals surface area contributed by atoms with E-state index in [1.165, 1.54) is 13.0 Å². The highest BCUT2D eigenvalue weighted by molar-refractivity contribution is 6.37. The van der Waals surface area contributed by atoms with Crippen molar-refractivity contribution >= 4 is 51.6 Å². The highest BCUT2D eigenvalue weighted by atomic mass is 35.5. The molecule has 0 amide bonds. The third-order valence-electron chi connectivity index (χ3n) is 11.2. The second kappa shape index (κ2) is 18.8. The average Bonchev–Trinajstić information content (AvgIpc) is 3.50. The fourth-order valence-corrected chi connectivity index (χ4v) is 8.38. The first kappa shape index (κ1) is 44.9. The molecule has 0 aliphatic carbocycles.